The lowest BCUT2D eigenvalue weighted by molar-refractivity contribution is -0.147. The van der Waals surface area contributed by atoms with E-state index in [1.54, 1.807) is 29.2 Å². The first-order chi connectivity index (χ1) is 12.9. The molecule has 2 amide bonds. The second-order valence-electron chi connectivity index (χ2n) is 6.66. The summed E-state index contributed by atoms with van der Waals surface area (Å²) in [6, 6.07) is 14.8. The fourth-order valence-electron chi connectivity index (χ4n) is 3.28. The second-order valence-corrected chi connectivity index (χ2v) is 6.66. The number of ether oxygens (including phenoxy) is 1. The van der Waals surface area contributed by atoms with Crippen LogP contribution in [-0.2, 0) is 32.0 Å². The summed E-state index contributed by atoms with van der Waals surface area (Å²) < 4.78 is 5.18. The van der Waals surface area contributed by atoms with Crippen LogP contribution in [0.25, 0.3) is 0 Å². The molecule has 0 aromatic heterocycles. The normalized spacial score (nSPS) is 15.2. The van der Waals surface area contributed by atoms with Crippen molar-refractivity contribution in [2.75, 3.05) is 16.8 Å². The van der Waals surface area contributed by atoms with Crippen LogP contribution >= 0.6 is 0 Å². The van der Waals surface area contributed by atoms with E-state index >= 15 is 0 Å². The number of rotatable bonds is 5. The van der Waals surface area contributed by atoms with Gasteiger partial charge in [-0.2, -0.15) is 0 Å². The number of anilines is 2. The lowest BCUT2D eigenvalue weighted by Gasteiger charge is -2.22. The molecule has 0 aliphatic carbocycles. The first-order valence-corrected chi connectivity index (χ1v) is 8.86. The van der Waals surface area contributed by atoms with Crippen LogP contribution in [0.15, 0.2) is 48.5 Å². The van der Waals surface area contributed by atoms with Gasteiger partial charge in [-0.05, 0) is 42.7 Å². The monoisotopic (exact) mass is 366 g/mol. The highest BCUT2D eigenvalue weighted by atomic mass is 16.5. The standard InChI is InChI=1S/C21H22N2O4/c1-14-11-17-5-3-4-6-19(17)23(14)20(25)13-27-21(26)12-16-7-9-18(10-8-16)22-15(2)24/h3-10,14H,11-13H2,1-2H3,(H,22,24)/t14-/m1/s1. The Bertz CT molecular complexity index is 861. The van der Waals surface area contributed by atoms with E-state index in [9.17, 15) is 14.4 Å². The fourth-order valence-corrected chi connectivity index (χ4v) is 3.28. The van der Waals surface area contributed by atoms with Crippen molar-refractivity contribution in [1.82, 2.24) is 0 Å². The SMILES string of the molecule is CC(=O)Nc1ccc(CC(=O)OCC(=O)N2c3ccccc3C[C@H]2C)cc1. The molecule has 0 radical (unpaired) electrons. The van der Waals surface area contributed by atoms with E-state index < -0.39 is 5.97 Å². The Morgan fingerprint density at radius 1 is 1.11 bits per heavy atom. The van der Waals surface area contributed by atoms with E-state index in [0.29, 0.717) is 5.69 Å². The third kappa shape index (κ3) is 4.53. The summed E-state index contributed by atoms with van der Waals surface area (Å²) >= 11 is 0. The minimum absolute atomic E-state index is 0.0509. The van der Waals surface area contributed by atoms with Crippen molar-refractivity contribution in [3.63, 3.8) is 0 Å². The van der Waals surface area contributed by atoms with Crippen LogP contribution in [-0.4, -0.2) is 30.4 Å². The number of esters is 1. The summed E-state index contributed by atoms with van der Waals surface area (Å²) in [5.41, 5.74) is 3.43. The molecule has 0 unspecified atom stereocenters. The van der Waals surface area contributed by atoms with Gasteiger partial charge >= 0.3 is 5.97 Å². The molecule has 27 heavy (non-hydrogen) atoms. The Morgan fingerprint density at radius 2 is 1.81 bits per heavy atom. The topological polar surface area (TPSA) is 75.7 Å². The van der Waals surface area contributed by atoms with Crippen molar-refractivity contribution in [2.24, 2.45) is 0 Å². The number of nitrogens with one attached hydrogen (secondary N) is 1. The van der Waals surface area contributed by atoms with E-state index in [4.69, 9.17) is 4.74 Å². The third-order valence-electron chi connectivity index (χ3n) is 4.46. The largest absolute Gasteiger partial charge is 0.455 e. The Labute approximate surface area is 158 Å². The Balaban J connectivity index is 1.53. The predicted octanol–water partition coefficient (Wildman–Crippen LogP) is 2.71. The highest BCUT2D eigenvalue weighted by Crippen LogP contribution is 2.31. The van der Waals surface area contributed by atoms with Gasteiger partial charge in [0.1, 0.15) is 0 Å². The minimum atomic E-state index is -0.462. The Hall–Kier alpha value is -3.15. The zero-order valence-corrected chi connectivity index (χ0v) is 15.4. The summed E-state index contributed by atoms with van der Waals surface area (Å²) in [6.07, 6.45) is 0.871. The molecule has 1 aliphatic heterocycles. The number of hydrogen-bond acceptors (Lipinski definition) is 4. The van der Waals surface area contributed by atoms with E-state index in [-0.39, 0.29) is 30.9 Å². The van der Waals surface area contributed by atoms with Gasteiger partial charge in [0, 0.05) is 24.3 Å². The third-order valence-corrected chi connectivity index (χ3v) is 4.46. The summed E-state index contributed by atoms with van der Waals surface area (Å²) in [4.78, 5) is 37.3. The maximum Gasteiger partial charge on any atom is 0.310 e. The van der Waals surface area contributed by atoms with E-state index in [1.165, 1.54) is 6.92 Å². The highest BCUT2D eigenvalue weighted by molar-refractivity contribution is 5.97. The van der Waals surface area contributed by atoms with Crippen LogP contribution in [0.4, 0.5) is 11.4 Å². The molecule has 0 saturated heterocycles. The molecule has 1 N–H and O–H groups in total. The number of amides is 2. The van der Waals surface area contributed by atoms with Gasteiger partial charge in [0.2, 0.25) is 5.91 Å². The highest BCUT2D eigenvalue weighted by Gasteiger charge is 2.30. The van der Waals surface area contributed by atoms with Gasteiger partial charge in [0.25, 0.3) is 5.91 Å². The van der Waals surface area contributed by atoms with Crippen LogP contribution in [0, 0.1) is 0 Å². The van der Waals surface area contributed by atoms with Gasteiger partial charge in [0.15, 0.2) is 6.61 Å². The molecular formula is C21H22N2O4. The van der Waals surface area contributed by atoms with Crippen LogP contribution in [0.5, 0.6) is 0 Å². The summed E-state index contributed by atoms with van der Waals surface area (Å²) in [7, 11) is 0. The smallest absolute Gasteiger partial charge is 0.310 e. The van der Waals surface area contributed by atoms with Crippen LogP contribution in [0.3, 0.4) is 0 Å². The van der Waals surface area contributed by atoms with Gasteiger partial charge in [-0.3, -0.25) is 14.4 Å². The molecular weight excluding hydrogens is 344 g/mol. The summed E-state index contributed by atoms with van der Waals surface area (Å²) in [5.74, 6) is -0.837. The van der Waals surface area contributed by atoms with Crippen molar-refractivity contribution in [3.05, 3.63) is 59.7 Å². The number of fused-ring (bicyclic) bond motifs is 1. The quantitative estimate of drug-likeness (QED) is 0.826. The van der Waals surface area contributed by atoms with Gasteiger partial charge in [0.05, 0.1) is 6.42 Å². The Morgan fingerprint density at radius 3 is 2.52 bits per heavy atom. The molecule has 0 saturated carbocycles. The fraction of sp³-hybridized carbons (Fsp3) is 0.286. The number of carbonyl (C=O) groups is 3. The molecule has 2 aromatic rings. The van der Waals surface area contributed by atoms with Crippen molar-refractivity contribution in [2.45, 2.75) is 32.7 Å². The first-order valence-electron chi connectivity index (χ1n) is 8.86. The average molecular weight is 366 g/mol. The number of para-hydroxylation sites is 1. The summed E-state index contributed by atoms with van der Waals surface area (Å²) in [5, 5.41) is 2.66. The molecule has 0 spiro atoms. The molecule has 0 fully saturated rings. The van der Waals surface area contributed by atoms with Crippen molar-refractivity contribution >= 4 is 29.2 Å². The van der Waals surface area contributed by atoms with E-state index in [0.717, 1.165) is 23.2 Å². The first kappa shape index (κ1) is 18.6. The lowest BCUT2D eigenvalue weighted by Crippen LogP contribution is -2.38. The van der Waals surface area contributed by atoms with Crippen LogP contribution in [0.2, 0.25) is 0 Å². The van der Waals surface area contributed by atoms with Gasteiger partial charge in [-0.1, -0.05) is 30.3 Å². The molecule has 2 aromatic carbocycles. The number of benzene rings is 2. The predicted molar refractivity (Wildman–Crippen MR) is 103 cm³/mol. The van der Waals surface area contributed by atoms with Crippen molar-refractivity contribution < 1.29 is 19.1 Å². The number of carbonyl (C=O) groups excluding carboxylic acids is 3. The summed E-state index contributed by atoms with van der Waals surface area (Å²) in [6.45, 7) is 3.14. The molecule has 1 atom stereocenters. The average Bonchev–Trinajstić information content (AvgIpc) is 2.97. The van der Waals surface area contributed by atoms with Crippen LogP contribution in [0.1, 0.15) is 25.0 Å². The zero-order chi connectivity index (χ0) is 19.4. The van der Waals surface area contributed by atoms with E-state index in [2.05, 4.69) is 5.32 Å². The van der Waals surface area contributed by atoms with Crippen LogP contribution < -0.4 is 10.2 Å². The Kier molecular flexibility index (Phi) is 5.54. The van der Waals surface area contributed by atoms with Gasteiger partial charge in [-0.15, -0.1) is 0 Å². The number of nitrogens with zero attached hydrogens (tertiary/aromatic N) is 1. The zero-order valence-electron chi connectivity index (χ0n) is 15.4. The molecule has 0 bridgehead atoms. The maximum atomic E-state index is 12.5. The maximum absolute atomic E-state index is 12.5. The molecule has 140 valence electrons. The second kappa shape index (κ2) is 8.03. The molecule has 1 aliphatic rings. The molecule has 3 rings (SSSR count). The molecule has 1 heterocycles. The van der Waals surface area contributed by atoms with E-state index in [1.807, 2.05) is 31.2 Å². The van der Waals surface area contributed by atoms with Gasteiger partial charge < -0.3 is 15.0 Å². The van der Waals surface area contributed by atoms with Gasteiger partial charge in [-0.25, -0.2) is 0 Å². The van der Waals surface area contributed by atoms with Crippen molar-refractivity contribution in [3.8, 4) is 0 Å². The minimum Gasteiger partial charge on any atom is -0.455 e. The van der Waals surface area contributed by atoms with Crippen molar-refractivity contribution in [1.29, 1.82) is 0 Å². The molecule has 6 heteroatoms. The number of hydrogen-bond donors (Lipinski definition) is 1. The molecule has 6 nitrogen and oxygen atoms in total. The lowest BCUT2D eigenvalue weighted by atomic mass is 10.1.